The molecular formula is C19H16O5S. The number of thiophene rings is 1. The number of aliphatic carboxylic acids is 1. The Bertz CT molecular complexity index is 928. The summed E-state index contributed by atoms with van der Waals surface area (Å²) in [5, 5.41) is 11.5. The third-order valence-electron chi connectivity index (χ3n) is 3.60. The van der Waals surface area contributed by atoms with E-state index in [-0.39, 0.29) is 4.88 Å². The Balaban J connectivity index is 1.56. The molecule has 0 saturated carbocycles. The highest BCUT2D eigenvalue weighted by molar-refractivity contribution is 7.16. The summed E-state index contributed by atoms with van der Waals surface area (Å²) in [5.74, 6) is -1.63. The van der Waals surface area contributed by atoms with Crippen molar-refractivity contribution in [1.29, 1.82) is 0 Å². The quantitative estimate of drug-likeness (QED) is 0.394. The topological polar surface area (TPSA) is 72.8 Å². The Morgan fingerprint density at radius 2 is 1.72 bits per heavy atom. The smallest absolute Gasteiger partial charge is 0.378 e. The largest absolute Gasteiger partial charge is 0.490 e. The van der Waals surface area contributed by atoms with Gasteiger partial charge in [0.2, 0.25) is 0 Å². The molecule has 128 valence electrons. The summed E-state index contributed by atoms with van der Waals surface area (Å²) in [6.45, 7) is 2.42. The second kappa shape index (κ2) is 7.36. The summed E-state index contributed by atoms with van der Waals surface area (Å²) in [4.78, 5) is 22.4. The highest BCUT2D eigenvalue weighted by Crippen LogP contribution is 2.30. The average Bonchev–Trinajstić information content (AvgIpc) is 2.98. The van der Waals surface area contributed by atoms with Crippen LogP contribution in [0.25, 0.3) is 10.8 Å². The zero-order valence-corrected chi connectivity index (χ0v) is 14.3. The second-order valence-electron chi connectivity index (χ2n) is 5.42. The van der Waals surface area contributed by atoms with E-state index in [2.05, 4.69) is 0 Å². The van der Waals surface area contributed by atoms with Crippen LogP contribution in [0.5, 0.6) is 10.8 Å². The summed E-state index contributed by atoms with van der Waals surface area (Å²) in [5.41, 5.74) is 0.736. The van der Waals surface area contributed by atoms with Gasteiger partial charge in [0, 0.05) is 5.56 Å². The summed E-state index contributed by atoms with van der Waals surface area (Å²) in [6, 6.07) is 15.4. The van der Waals surface area contributed by atoms with E-state index in [9.17, 15) is 9.59 Å². The minimum Gasteiger partial charge on any atom is -0.490 e. The van der Waals surface area contributed by atoms with Gasteiger partial charge in [0.05, 0.1) is 4.88 Å². The van der Waals surface area contributed by atoms with E-state index in [1.54, 1.807) is 6.92 Å². The molecule has 0 radical (unpaired) electrons. The molecule has 0 unspecified atom stereocenters. The highest BCUT2D eigenvalue weighted by Gasteiger charge is 2.19. The van der Waals surface area contributed by atoms with E-state index in [1.807, 2.05) is 42.5 Å². The molecule has 0 amide bonds. The number of benzene rings is 2. The lowest BCUT2D eigenvalue weighted by Gasteiger charge is -2.08. The number of hydrogen-bond donors (Lipinski definition) is 1. The number of carbonyl (C=O) groups is 2. The first-order chi connectivity index (χ1) is 12.0. The number of Topliss-reactive ketones (excluding diaryl/α,β-unsaturated/α-hetero) is 1. The maximum Gasteiger partial charge on any atom is 0.378 e. The number of aryl methyl sites for hydroxylation is 1. The first kappa shape index (κ1) is 17.0. The molecule has 1 heterocycles. The molecule has 0 bridgehead atoms. The molecule has 0 saturated heterocycles. The molecule has 0 fully saturated rings. The van der Waals surface area contributed by atoms with Crippen molar-refractivity contribution in [3.8, 4) is 10.8 Å². The predicted molar refractivity (Wildman–Crippen MR) is 96.0 cm³/mol. The van der Waals surface area contributed by atoms with E-state index in [1.165, 1.54) is 6.07 Å². The highest BCUT2D eigenvalue weighted by atomic mass is 32.1. The van der Waals surface area contributed by atoms with E-state index < -0.39 is 11.8 Å². The van der Waals surface area contributed by atoms with E-state index in [4.69, 9.17) is 14.6 Å². The third kappa shape index (κ3) is 3.97. The lowest BCUT2D eigenvalue weighted by atomic mass is 10.1. The molecule has 0 aliphatic heterocycles. The van der Waals surface area contributed by atoms with Gasteiger partial charge in [-0.2, -0.15) is 0 Å². The van der Waals surface area contributed by atoms with Gasteiger partial charge in [0.1, 0.15) is 19.0 Å². The number of fused-ring (bicyclic) bond motifs is 1. The Hall–Kier alpha value is -2.86. The monoisotopic (exact) mass is 356 g/mol. The number of carboxylic acid groups (broad SMARTS) is 1. The van der Waals surface area contributed by atoms with Gasteiger partial charge in [0.25, 0.3) is 5.78 Å². The van der Waals surface area contributed by atoms with E-state index in [0.29, 0.717) is 18.3 Å². The van der Waals surface area contributed by atoms with Crippen LogP contribution in [-0.2, 0) is 4.79 Å². The standard InChI is InChI=1S/C19H16O5S/c1-12-10-16(17(20)18(21)22)25-19(12)24-9-8-23-15-7-6-13-4-2-3-5-14(13)11-15/h2-7,10-11H,8-9H2,1H3,(H,21,22). The van der Waals surface area contributed by atoms with Gasteiger partial charge in [-0.25, -0.2) is 4.79 Å². The minimum atomic E-state index is -1.47. The van der Waals surface area contributed by atoms with Gasteiger partial charge >= 0.3 is 5.97 Å². The van der Waals surface area contributed by atoms with Crippen molar-refractivity contribution in [1.82, 2.24) is 0 Å². The summed E-state index contributed by atoms with van der Waals surface area (Å²) >= 11 is 1.04. The first-order valence-electron chi connectivity index (χ1n) is 7.67. The third-order valence-corrected chi connectivity index (χ3v) is 4.74. The van der Waals surface area contributed by atoms with Gasteiger partial charge < -0.3 is 14.6 Å². The Kier molecular flexibility index (Phi) is 5.00. The molecule has 1 N–H and O–H groups in total. The van der Waals surface area contributed by atoms with Crippen molar-refractivity contribution in [2.24, 2.45) is 0 Å². The van der Waals surface area contributed by atoms with Crippen molar-refractivity contribution in [3.63, 3.8) is 0 Å². The summed E-state index contributed by atoms with van der Waals surface area (Å²) < 4.78 is 11.3. The Morgan fingerprint density at radius 1 is 1.00 bits per heavy atom. The lowest BCUT2D eigenvalue weighted by Crippen LogP contribution is -2.10. The first-order valence-corrected chi connectivity index (χ1v) is 8.48. The fourth-order valence-corrected chi connectivity index (χ4v) is 3.35. The molecule has 6 heteroatoms. The molecule has 0 spiro atoms. The van der Waals surface area contributed by atoms with Gasteiger partial charge in [-0.15, -0.1) is 0 Å². The molecule has 5 nitrogen and oxygen atoms in total. The van der Waals surface area contributed by atoms with Gasteiger partial charge in [0.15, 0.2) is 5.06 Å². The van der Waals surface area contributed by atoms with E-state index >= 15 is 0 Å². The lowest BCUT2D eigenvalue weighted by molar-refractivity contribution is -0.131. The maximum atomic E-state index is 11.5. The normalized spacial score (nSPS) is 10.6. The van der Waals surface area contributed by atoms with Crippen LogP contribution in [0.3, 0.4) is 0 Å². The number of hydrogen-bond acceptors (Lipinski definition) is 5. The molecule has 0 aliphatic rings. The molecule has 3 aromatic rings. The van der Waals surface area contributed by atoms with Gasteiger partial charge in [-0.1, -0.05) is 41.7 Å². The zero-order chi connectivity index (χ0) is 17.8. The fraction of sp³-hybridized carbons (Fsp3) is 0.158. The number of carbonyl (C=O) groups excluding carboxylic acids is 1. The molecule has 25 heavy (non-hydrogen) atoms. The number of ketones is 1. The SMILES string of the molecule is Cc1cc(C(=O)C(=O)O)sc1OCCOc1ccc2ccccc2c1. The van der Waals surface area contributed by atoms with Crippen molar-refractivity contribution >= 4 is 33.9 Å². The van der Waals surface area contributed by atoms with Crippen LogP contribution in [0.2, 0.25) is 0 Å². The predicted octanol–water partition coefficient (Wildman–Crippen LogP) is 3.93. The number of ether oxygens (including phenoxy) is 2. The Labute approximate surface area is 148 Å². The fourth-order valence-electron chi connectivity index (χ4n) is 2.38. The summed E-state index contributed by atoms with van der Waals surface area (Å²) in [7, 11) is 0. The van der Waals surface area contributed by atoms with Crippen molar-refractivity contribution in [3.05, 3.63) is 59.0 Å². The van der Waals surface area contributed by atoms with Crippen LogP contribution in [0.4, 0.5) is 0 Å². The minimum absolute atomic E-state index is 0.162. The van der Waals surface area contributed by atoms with Gasteiger partial charge in [-0.05, 0) is 35.9 Å². The van der Waals surface area contributed by atoms with Crippen molar-refractivity contribution < 1.29 is 24.2 Å². The number of rotatable bonds is 7. The van der Waals surface area contributed by atoms with Crippen LogP contribution >= 0.6 is 11.3 Å². The maximum absolute atomic E-state index is 11.5. The van der Waals surface area contributed by atoms with Crippen LogP contribution in [0, 0.1) is 6.92 Å². The van der Waals surface area contributed by atoms with Gasteiger partial charge in [-0.3, -0.25) is 4.79 Å². The van der Waals surface area contributed by atoms with Crippen molar-refractivity contribution in [2.75, 3.05) is 13.2 Å². The molecule has 2 aromatic carbocycles. The zero-order valence-electron chi connectivity index (χ0n) is 13.5. The average molecular weight is 356 g/mol. The Morgan fingerprint density at radius 3 is 2.48 bits per heavy atom. The van der Waals surface area contributed by atoms with Crippen molar-refractivity contribution in [2.45, 2.75) is 6.92 Å². The van der Waals surface area contributed by atoms with E-state index in [0.717, 1.165) is 33.4 Å². The van der Waals surface area contributed by atoms with Crippen LogP contribution in [0.1, 0.15) is 15.2 Å². The van der Waals surface area contributed by atoms with Crippen LogP contribution < -0.4 is 9.47 Å². The molecule has 0 atom stereocenters. The molecule has 0 aliphatic carbocycles. The summed E-state index contributed by atoms with van der Waals surface area (Å²) in [6.07, 6.45) is 0. The molecule has 3 rings (SSSR count). The second-order valence-corrected chi connectivity index (χ2v) is 6.44. The van der Waals surface area contributed by atoms with Crippen LogP contribution in [0.15, 0.2) is 48.5 Å². The number of carboxylic acids is 1. The van der Waals surface area contributed by atoms with Crippen LogP contribution in [-0.4, -0.2) is 30.1 Å². The molecule has 1 aromatic heterocycles. The molecular weight excluding hydrogens is 340 g/mol.